The van der Waals surface area contributed by atoms with Gasteiger partial charge in [-0.1, -0.05) is 0 Å². The van der Waals surface area contributed by atoms with Gasteiger partial charge in [0, 0.05) is 12.8 Å². The van der Waals surface area contributed by atoms with Crippen molar-refractivity contribution in [2.75, 3.05) is 6.61 Å². The molecule has 0 aromatic carbocycles. The first kappa shape index (κ1) is 11.1. The van der Waals surface area contributed by atoms with Crippen LogP contribution in [0.3, 0.4) is 0 Å². The second kappa shape index (κ2) is 5.12. The second-order valence-electron chi connectivity index (χ2n) is 4.33. The zero-order chi connectivity index (χ0) is 10.7. The van der Waals surface area contributed by atoms with Crippen LogP contribution in [0.4, 0.5) is 0 Å². The molecule has 0 amide bonds. The lowest BCUT2D eigenvalue weighted by molar-refractivity contribution is 0.202. The Hall–Kier alpha value is -0.350. The predicted molar refractivity (Wildman–Crippen MR) is 62.6 cm³/mol. The van der Waals surface area contributed by atoms with Crippen molar-refractivity contribution >= 4 is 15.9 Å². The van der Waals surface area contributed by atoms with Crippen LogP contribution in [0.2, 0.25) is 0 Å². The number of hydrogen-bond donors (Lipinski definition) is 1. The Balaban J connectivity index is 1.88. The maximum absolute atomic E-state index is 8.88. The van der Waals surface area contributed by atoms with E-state index in [9.17, 15) is 0 Å². The van der Waals surface area contributed by atoms with Crippen LogP contribution >= 0.6 is 15.9 Å². The highest BCUT2D eigenvalue weighted by atomic mass is 79.9. The maximum atomic E-state index is 8.88. The molecule has 0 atom stereocenters. The highest BCUT2D eigenvalue weighted by molar-refractivity contribution is 9.10. The number of aliphatic hydroxyl groups excluding tert-OH is 1. The third kappa shape index (κ3) is 2.82. The first-order chi connectivity index (χ1) is 7.29. The molecule has 3 nitrogen and oxygen atoms in total. The molecule has 0 spiro atoms. The molecule has 0 saturated heterocycles. The molecular formula is C11H17BrN2O. The van der Waals surface area contributed by atoms with Crippen molar-refractivity contribution in [3.8, 4) is 0 Å². The van der Waals surface area contributed by atoms with Crippen molar-refractivity contribution in [3.05, 3.63) is 16.9 Å². The number of nitrogens with zero attached hydrogens (tertiary/aromatic N) is 2. The first-order valence-electron chi connectivity index (χ1n) is 5.60. The van der Waals surface area contributed by atoms with Crippen molar-refractivity contribution < 1.29 is 5.11 Å². The molecule has 0 unspecified atom stereocenters. The number of halogens is 1. The van der Waals surface area contributed by atoms with Gasteiger partial charge in [-0.15, -0.1) is 0 Å². The summed E-state index contributed by atoms with van der Waals surface area (Å²) in [4.78, 5) is 0. The maximum Gasteiger partial charge on any atom is 0.0632 e. The lowest BCUT2D eigenvalue weighted by Crippen LogP contribution is -2.19. The molecular weight excluding hydrogens is 256 g/mol. The Morgan fingerprint density at radius 2 is 2.13 bits per heavy atom. The Morgan fingerprint density at radius 3 is 2.67 bits per heavy atom. The van der Waals surface area contributed by atoms with Crippen LogP contribution in [0, 0.1) is 5.92 Å². The van der Waals surface area contributed by atoms with Gasteiger partial charge < -0.3 is 5.11 Å². The molecule has 2 rings (SSSR count). The highest BCUT2D eigenvalue weighted by Gasteiger charge is 2.22. The molecule has 1 saturated carbocycles. The fourth-order valence-corrected chi connectivity index (χ4v) is 2.70. The van der Waals surface area contributed by atoms with Crippen LogP contribution in [0.1, 0.15) is 38.1 Å². The summed E-state index contributed by atoms with van der Waals surface area (Å²) >= 11 is 3.42. The third-order valence-electron chi connectivity index (χ3n) is 3.30. The lowest BCUT2D eigenvalue weighted by Gasteiger charge is -2.28. The van der Waals surface area contributed by atoms with Crippen LogP contribution in [0.25, 0.3) is 0 Å². The summed E-state index contributed by atoms with van der Waals surface area (Å²) < 4.78 is 3.12. The van der Waals surface area contributed by atoms with Gasteiger partial charge in [0.2, 0.25) is 0 Å². The van der Waals surface area contributed by atoms with Gasteiger partial charge in [0.25, 0.3) is 0 Å². The highest BCUT2D eigenvalue weighted by Crippen LogP contribution is 2.33. The molecule has 1 N–H and O–H groups in total. The largest absolute Gasteiger partial charge is 0.396 e. The van der Waals surface area contributed by atoms with E-state index in [0.717, 1.165) is 16.8 Å². The van der Waals surface area contributed by atoms with E-state index in [-0.39, 0.29) is 0 Å². The predicted octanol–water partition coefficient (Wildman–Crippen LogP) is 2.76. The zero-order valence-electron chi connectivity index (χ0n) is 8.77. The minimum atomic E-state index is 0.336. The van der Waals surface area contributed by atoms with E-state index in [1.54, 1.807) is 0 Å². The van der Waals surface area contributed by atoms with E-state index < -0.39 is 0 Å². The Morgan fingerprint density at radius 1 is 1.40 bits per heavy atom. The summed E-state index contributed by atoms with van der Waals surface area (Å²) in [7, 11) is 0. The topological polar surface area (TPSA) is 38.0 Å². The van der Waals surface area contributed by atoms with Crippen LogP contribution in [-0.2, 0) is 0 Å². The van der Waals surface area contributed by atoms with Crippen LogP contribution < -0.4 is 0 Å². The molecule has 1 aliphatic carbocycles. The molecule has 1 aliphatic rings. The normalized spacial score (nSPS) is 26.8. The summed E-state index contributed by atoms with van der Waals surface area (Å²) in [6, 6.07) is 0.561. The molecule has 0 radical (unpaired) electrons. The fourth-order valence-electron chi connectivity index (χ4n) is 2.40. The van der Waals surface area contributed by atoms with Gasteiger partial charge in [0.05, 0.1) is 16.7 Å². The summed E-state index contributed by atoms with van der Waals surface area (Å²) in [5.41, 5.74) is 0. The summed E-state index contributed by atoms with van der Waals surface area (Å²) in [6.45, 7) is 0.336. The molecule has 0 aliphatic heterocycles. The van der Waals surface area contributed by atoms with E-state index >= 15 is 0 Å². The molecule has 4 heteroatoms. The van der Waals surface area contributed by atoms with E-state index in [1.807, 2.05) is 6.20 Å². The molecule has 1 aromatic rings. The average Bonchev–Trinajstić information content (AvgIpc) is 2.67. The van der Waals surface area contributed by atoms with Crippen LogP contribution in [0.15, 0.2) is 16.9 Å². The van der Waals surface area contributed by atoms with Crippen LogP contribution in [-0.4, -0.2) is 21.5 Å². The quantitative estimate of drug-likeness (QED) is 0.919. The number of aliphatic hydroxyl groups is 1. The van der Waals surface area contributed by atoms with Gasteiger partial charge in [-0.3, -0.25) is 4.68 Å². The zero-order valence-corrected chi connectivity index (χ0v) is 10.4. The number of rotatable bonds is 3. The van der Waals surface area contributed by atoms with Crippen molar-refractivity contribution in [1.82, 2.24) is 9.78 Å². The van der Waals surface area contributed by atoms with Crippen molar-refractivity contribution in [2.24, 2.45) is 5.92 Å². The summed E-state index contributed by atoms with van der Waals surface area (Å²) in [6.07, 6.45) is 9.70. The Labute approximate surface area is 98.6 Å². The van der Waals surface area contributed by atoms with Gasteiger partial charge >= 0.3 is 0 Å². The second-order valence-corrected chi connectivity index (χ2v) is 5.24. The molecule has 1 fully saturated rings. The van der Waals surface area contributed by atoms with Gasteiger partial charge in [-0.25, -0.2) is 0 Å². The van der Waals surface area contributed by atoms with Crippen LogP contribution in [0.5, 0.6) is 0 Å². The van der Waals surface area contributed by atoms with Gasteiger partial charge in [0.1, 0.15) is 0 Å². The monoisotopic (exact) mass is 272 g/mol. The van der Waals surface area contributed by atoms with Gasteiger partial charge in [0.15, 0.2) is 0 Å². The first-order valence-corrected chi connectivity index (χ1v) is 6.39. The standard InChI is InChI=1S/C11H17BrN2O/c12-10-7-13-14(8-10)11-3-1-9(2-4-11)5-6-15/h7-9,11,15H,1-6H2. The SMILES string of the molecule is OCCC1CCC(n2cc(Br)cn2)CC1. The van der Waals surface area contributed by atoms with Crippen molar-refractivity contribution in [3.63, 3.8) is 0 Å². The molecule has 1 aromatic heterocycles. The van der Waals surface area contributed by atoms with E-state index in [0.29, 0.717) is 12.6 Å². The minimum absolute atomic E-state index is 0.336. The third-order valence-corrected chi connectivity index (χ3v) is 3.71. The lowest BCUT2D eigenvalue weighted by atomic mass is 9.84. The van der Waals surface area contributed by atoms with Crippen molar-refractivity contribution in [1.29, 1.82) is 0 Å². The van der Waals surface area contributed by atoms with Gasteiger partial charge in [-0.2, -0.15) is 5.10 Å². The number of aromatic nitrogens is 2. The van der Waals surface area contributed by atoms with E-state index in [2.05, 4.69) is 31.9 Å². The van der Waals surface area contributed by atoms with Gasteiger partial charge in [-0.05, 0) is 54.0 Å². The summed E-state index contributed by atoms with van der Waals surface area (Å²) in [5.74, 6) is 0.727. The molecule has 15 heavy (non-hydrogen) atoms. The molecule has 84 valence electrons. The van der Waals surface area contributed by atoms with E-state index in [4.69, 9.17) is 5.11 Å². The molecule has 1 heterocycles. The molecule has 0 bridgehead atoms. The summed E-state index contributed by atoms with van der Waals surface area (Å²) in [5, 5.41) is 13.2. The minimum Gasteiger partial charge on any atom is -0.396 e. The Kier molecular flexibility index (Phi) is 3.81. The Bertz CT molecular complexity index is 305. The van der Waals surface area contributed by atoms with Crippen molar-refractivity contribution in [2.45, 2.75) is 38.1 Å². The average molecular weight is 273 g/mol. The number of hydrogen-bond acceptors (Lipinski definition) is 2. The fraction of sp³-hybridized carbons (Fsp3) is 0.727. The smallest absolute Gasteiger partial charge is 0.0632 e. The van der Waals surface area contributed by atoms with E-state index in [1.165, 1.54) is 25.7 Å².